The number of hydrogen-bond acceptors (Lipinski definition) is 3. The smallest absolute Gasteiger partial charge is 0.335 e. The van der Waals surface area contributed by atoms with Crippen molar-refractivity contribution in [1.29, 1.82) is 0 Å². The molecule has 18 heavy (non-hydrogen) atoms. The molecule has 1 fully saturated rings. The fourth-order valence-corrected chi connectivity index (χ4v) is 2.81. The van der Waals surface area contributed by atoms with Crippen molar-refractivity contribution in [1.82, 2.24) is 8.43 Å². The summed E-state index contributed by atoms with van der Waals surface area (Å²) in [6, 6.07) is 7.73. The van der Waals surface area contributed by atoms with E-state index >= 15 is 0 Å². The van der Waals surface area contributed by atoms with Crippen LogP contribution in [0.15, 0.2) is 24.3 Å². The average Bonchev–Trinajstić information content (AvgIpc) is 2.39. The summed E-state index contributed by atoms with van der Waals surface area (Å²) in [5.74, 6) is -0.867. The van der Waals surface area contributed by atoms with E-state index in [1.807, 2.05) is 12.1 Å². The number of nitrogens with zero attached hydrogens (tertiary/aromatic N) is 1. The number of carbonyl (C=O) groups is 1. The Kier molecular flexibility index (Phi) is 4.96. The number of aromatic carboxylic acids is 1. The van der Waals surface area contributed by atoms with Crippen LogP contribution in [0, 0.1) is 0 Å². The maximum absolute atomic E-state index is 10.8. The summed E-state index contributed by atoms with van der Waals surface area (Å²) >= 11 is 2.22. The lowest BCUT2D eigenvalue weighted by molar-refractivity contribution is 0.0697. The lowest BCUT2D eigenvalue weighted by Gasteiger charge is -2.32. The van der Waals surface area contributed by atoms with Crippen LogP contribution < -0.4 is 3.53 Å². The molecule has 1 aromatic carbocycles. The Balaban J connectivity index is 1.94. The molecule has 0 unspecified atom stereocenters. The minimum absolute atomic E-state index is 0.351. The molecular weight excluding hydrogens is 343 g/mol. The van der Waals surface area contributed by atoms with E-state index in [0.29, 0.717) is 11.6 Å². The minimum atomic E-state index is -0.867. The van der Waals surface area contributed by atoms with Crippen molar-refractivity contribution in [2.45, 2.75) is 25.4 Å². The molecule has 1 aliphatic heterocycles. The molecule has 1 aromatic rings. The third kappa shape index (κ3) is 3.66. The third-order valence-electron chi connectivity index (χ3n) is 3.27. The Bertz CT molecular complexity index is 408. The van der Waals surface area contributed by atoms with Crippen LogP contribution >= 0.6 is 22.9 Å². The summed E-state index contributed by atoms with van der Waals surface area (Å²) in [5.41, 5.74) is 1.53. The number of carboxylic acid groups (broad SMARTS) is 1. The minimum Gasteiger partial charge on any atom is -0.478 e. The van der Waals surface area contributed by atoms with E-state index in [4.69, 9.17) is 5.11 Å². The zero-order valence-electron chi connectivity index (χ0n) is 10.1. The van der Waals surface area contributed by atoms with Crippen molar-refractivity contribution < 1.29 is 9.90 Å². The molecule has 0 aromatic heterocycles. The largest absolute Gasteiger partial charge is 0.478 e. The molecule has 98 valence electrons. The number of nitrogens with one attached hydrogen (secondary N) is 1. The van der Waals surface area contributed by atoms with Gasteiger partial charge in [-0.05, 0) is 37.1 Å². The van der Waals surface area contributed by atoms with Gasteiger partial charge in [-0.15, -0.1) is 0 Å². The normalized spacial score (nSPS) is 20.8. The second kappa shape index (κ2) is 6.49. The summed E-state index contributed by atoms with van der Waals surface area (Å²) in [6.45, 7) is 3.08. The van der Waals surface area contributed by atoms with Gasteiger partial charge < -0.3 is 5.11 Å². The Hall–Kier alpha value is -0.660. The molecule has 2 rings (SSSR count). The summed E-state index contributed by atoms with van der Waals surface area (Å²) in [4.78, 5) is 13.2. The quantitative estimate of drug-likeness (QED) is 0.639. The van der Waals surface area contributed by atoms with E-state index in [9.17, 15) is 4.79 Å². The second-order valence-corrected chi connectivity index (χ2v) is 5.31. The van der Waals surface area contributed by atoms with Crippen LogP contribution in [-0.4, -0.2) is 35.1 Å². The van der Waals surface area contributed by atoms with Crippen LogP contribution in [0.2, 0.25) is 0 Å². The maximum atomic E-state index is 10.8. The van der Waals surface area contributed by atoms with Gasteiger partial charge in [0.05, 0.1) is 5.56 Å². The van der Waals surface area contributed by atoms with Crippen molar-refractivity contribution in [3.63, 3.8) is 0 Å². The van der Waals surface area contributed by atoms with Crippen LogP contribution in [0.25, 0.3) is 0 Å². The number of benzene rings is 1. The molecule has 1 heterocycles. The average molecular weight is 360 g/mol. The first-order valence-corrected chi connectivity index (χ1v) is 7.17. The van der Waals surface area contributed by atoms with E-state index in [2.05, 4.69) is 31.3 Å². The van der Waals surface area contributed by atoms with Crippen LogP contribution in [0.3, 0.4) is 0 Å². The molecule has 1 saturated heterocycles. The predicted octanol–water partition coefficient (Wildman–Crippen LogP) is 2.29. The second-order valence-electron chi connectivity index (χ2n) is 4.69. The van der Waals surface area contributed by atoms with Gasteiger partial charge >= 0.3 is 5.97 Å². The predicted molar refractivity (Wildman–Crippen MR) is 78.9 cm³/mol. The highest BCUT2D eigenvalue weighted by molar-refractivity contribution is 14.1. The number of hydrogen-bond donors (Lipinski definition) is 2. The zero-order valence-corrected chi connectivity index (χ0v) is 12.3. The summed E-state index contributed by atoms with van der Waals surface area (Å²) in [5, 5.41) is 8.84. The van der Waals surface area contributed by atoms with E-state index in [1.54, 1.807) is 12.1 Å². The first-order valence-electron chi connectivity index (χ1n) is 6.10. The van der Waals surface area contributed by atoms with Crippen molar-refractivity contribution in [3.05, 3.63) is 35.4 Å². The molecular formula is C13H17IN2O2. The van der Waals surface area contributed by atoms with Gasteiger partial charge in [-0.3, -0.25) is 8.43 Å². The highest BCUT2D eigenvalue weighted by atomic mass is 127. The number of likely N-dealkylation sites (tertiary alicyclic amines) is 1. The molecule has 0 spiro atoms. The molecule has 2 N–H and O–H groups in total. The molecule has 0 amide bonds. The van der Waals surface area contributed by atoms with Crippen molar-refractivity contribution in [3.8, 4) is 0 Å². The highest BCUT2D eigenvalue weighted by Gasteiger charge is 2.18. The lowest BCUT2D eigenvalue weighted by Crippen LogP contribution is -2.42. The molecule has 1 atom stereocenters. The summed E-state index contributed by atoms with van der Waals surface area (Å²) in [6.07, 6.45) is 2.45. The number of piperidine rings is 1. The van der Waals surface area contributed by atoms with Crippen LogP contribution in [0.1, 0.15) is 28.8 Å². The maximum Gasteiger partial charge on any atom is 0.335 e. The van der Waals surface area contributed by atoms with E-state index < -0.39 is 5.97 Å². The molecule has 0 saturated carbocycles. The van der Waals surface area contributed by atoms with Gasteiger partial charge in [0, 0.05) is 42.0 Å². The topological polar surface area (TPSA) is 52.6 Å². The van der Waals surface area contributed by atoms with Crippen molar-refractivity contribution in [2.75, 3.05) is 13.1 Å². The Morgan fingerprint density at radius 1 is 1.44 bits per heavy atom. The summed E-state index contributed by atoms with van der Waals surface area (Å²) < 4.78 is 3.29. The van der Waals surface area contributed by atoms with Crippen LogP contribution in [0.4, 0.5) is 0 Å². The fraction of sp³-hybridized carbons (Fsp3) is 0.462. The molecule has 4 nitrogen and oxygen atoms in total. The SMILES string of the molecule is O=C(O)c1ccc(CN2CCC[C@H](NI)C2)cc1. The van der Waals surface area contributed by atoms with E-state index in [-0.39, 0.29) is 0 Å². The first-order chi connectivity index (χ1) is 8.69. The molecule has 0 aliphatic carbocycles. The Morgan fingerprint density at radius 2 is 2.17 bits per heavy atom. The van der Waals surface area contributed by atoms with Crippen LogP contribution in [-0.2, 0) is 6.54 Å². The molecule has 0 radical (unpaired) electrons. The zero-order chi connectivity index (χ0) is 13.0. The van der Waals surface area contributed by atoms with E-state index in [1.165, 1.54) is 18.4 Å². The Labute approximate surface area is 121 Å². The van der Waals surface area contributed by atoms with Gasteiger partial charge in [0.2, 0.25) is 0 Å². The molecule has 1 aliphatic rings. The van der Waals surface area contributed by atoms with Crippen LogP contribution in [0.5, 0.6) is 0 Å². The van der Waals surface area contributed by atoms with Gasteiger partial charge in [0.1, 0.15) is 0 Å². The van der Waals surface area contributed by atoms with Gasteiger partial charge in [0.25, 0.3) is 0 Å². The van der Waals surface area contributed by atoms with Gasteiger partial charge in [-0.2, -0.15) is 0 Å². The molecule has 0 bridgehead atoms. The number of rotatable bonds is 4. The fourth-order valence-electron chi connectivity index (χ4n) is 2.30. The highest BCUT2D eigenvalue weighted by Crippen LogP contribution is 2.15. The first kappa shape index (κ1) is 13.8. The molecule has 5 heteroatoms. The Morgan fingerprint density at radius 3 is 2.78 bits per heavy atom. The van der Waals surface area contributed by atoms with Gasteiger partial charge in [0.15, 0.2) is 0 Å². The van der Waals surface area contributed by atoms with Crippen molar-refractivity contribution in [2.24, 2.45) is 0 Å². The third-order valence-corrected chi connectivity index (χ3v) is 4.15. The van der Waals surface area contributed by atoms with Gasteiger partial charge in [-0.25, -0.2) is 4.79 Å². The number of carboxylic acids is 1. The van der Waals surface area contributed by atoms with Crippen molar-refractivity contribution >= 4 is 28.8 Å². The standard InChI is InChI=1S/C13H17IN2O2/c14-15-12-2-1-7-16(9-12)8-10-3-5-11(6-4-10)13(17)18/h3-6,12,15H,1-2,7-9H2,(H,17,18)/t12-/m0/s1. The lowest BCUT2D eigenvalue weighted by atomic mass is 10.1. The summed E-state index contributed by atoms with van der Waals surface area (Å²) in [7, 11) is 0. The van der Waals surface area contributed by atoms with E-state index in [0.717, 1.165) is 19.6 Å². The van der Waals surface area contributed by atoms with Gasteiger partial charge in [-0.1, -0.05) is 12.1 Å². The number of halogens is 1. The monoisotopic (exact) mass is 360 g/mol.